The Morgan fingerprint density at radius 3 is 2.70 bits per heavy atom. The molecule has 0 unspecified atom stereocenters. The molecule has 1 aliphatic carbocycles. The lowest BCUT2D eigenvalue weighted by Crippen LogP contribution is -2.43. The van der Waals surface area contributed by atoms with Crippen LogP contribution in [0.1, 0.15) is 36.9 Å². The summed E-state index contributed by atoms with van der Waals surface area (Å²) in [5.74, 6) is 0.411. The van der Waals surface area contributed by atoms with Crippen molar-refractivity contribution in [3.8, 4) is 0 Å². The van der Waals surface area contributed by atoms with E-state index in [9.17, 15) is 4.79 Å². The molecule has 2 amide bonds. The number of carbonyl (C=O) groups is 1. The van der Waals surface area contributed by atoms with Gasteiger partial charge in [0.2, 0.25) is 0 Å². The van der Waals surface area contributed by atoms with Crippen LogP contribution in [0.4, 0.5) is 4.79 Å². The summed E-state index contributed by atoms with van der Waals surface area (Å²) in [4.78, 5) is 11.9. The molecule has 1 aliphatic rings. The molecule has 0 radical (unpaired) electrons. The fraction of sp³-hybridized carbons (Fsp3) is 0.714. The van der Waals surface area contributed by atoms with E-state index in [0.717, 1.165) is 36.9 Å². The highest BCUT2D eigenvalue weighted by Crippen LogP contribution is 2.23. The van der Waals surface area contributed by atoms with Crippen LogP contribution in [0.5, 0.6) is 0 Å². The lowest BCUT2D eigenvalue weighted by atomic mass is 9.87. The Hall–Kier alpha value is -1.56. The van der Waals surface area contributed by atoms with Crippen molar-refractivity contribution in [1.82, 2.24) is 20.4 Å². The van der Waals surface area contributed by atoms with Gasteiger partial charge in [0.25, 0.3) is 0 Å². The molecule has 1 aromatic heterocycles. The number of hydrogen-bond acceptors (Lipinski definition) is 3. The summed E-state index contributed by atoms with van der Waals surface area (Å²) in [7, 11) is 1.89. The molecule has 3 N–H and O–H groups in total. The second kappa shape index (κ2) is 6.74. The molecule has 0 atom stereocenters. The monoisotopic (exact) mass is 280 g/mol. The summed E-state index contributed by atoms with van der Waals surface area (Å²) in [6, 6.07) is 0.105. The predicted molar refractivity (Wildman–Crippen MR) is 76.1 cm³/mol. The van der Waals surface area contributed by atoms with Crippen LogP contribution in [0.3, 0.4) is 0 Å². The van der Waals surface area contributed by atoms with Gasteiger partial charge in [-0.25, -0.2) is 4.79 Å². The Morgan fingerprint density at radius 2 is 2.15 bits per heavy atom. The van der Waals surface area contributed by atoms with Crippen molar-refractivity contribution in [1.29, 1.82) is 0 Å². The molecule has 6 nitrogen and oxygen atoms in total. The number of aliphatic hydroxyl groups excluding tert-OH is 1. The van der Waals surface area contributed by atoms with E-state index in [0.29, 0.717) is 12.5 Å². The van der Waals surface area contributed by atoms with Crippen LogP contribution in [-0.4, -0.2) is 33.6 Å². The normalized spacial score (nSPS) is 22.6. The Morgan fingerprint density at radius 1 is 1.45 bits per heavy atom. The Kier molecular flexibility index (Phi) is 5.00. The first kappa shape index (κ1) is 14.8. The number of aliphatic hydroxyl groups is 1. The molecule has 0 spiro atoms. The molecule has 0 aromatic carbocycles. The maximum absolute atomic E-state index is 11.9. The minimum atomic E-state index is -0.124. The van der Waals surface area contributed by atoms with Gasteiger partial charge in [-0.1, -0.05) is 0 Å². The molecule has 112 valence electrons. The van der Waals surface area contributed by atoms with Crippen LogP contribution in [0, 0.1) is 12.8 Å². The highest BCUT2D eigenvalue weighted by atomic mass is 16.3. The standard InChI is InChI=1S/C14H24N4O2/c1-10-12(8-16-18(10)2)7-15-14(20)17-13-5-3-11(9-19)4-6-13/h8,11,13,19H,3-7,9H2,1-2H3,(H2,15,17,20). The number of rotatable bonds is 4. The maximum atomic E-state index is 11.9. The number of aromatic nitrogens is 2. The van der Waals surface area contributed by atoms with Crippen LogP contribution in [-0.2, 0) is 13.6 Å². The van der Waals surface area contributed by atoms with Gasteiger partial charge in [-0.3, -0.25) is 4.68 Å². The van der Waals surface area contributed by atoms with Crippen molar-refractivity contribution >= 4 is 6.03 Å². The topological polar surface area (TPSA) is 79.2 Å². The van der Waals surface area contributed by atoms with E-state index in [1.165, 1.54) is 0 Å². The van der Waals surface area contributed by atoms with Crippen molar-refractivity contribution in [3.63, 3.8) is 0 Å². The van der Waals surface area contributed by atoms with E-state index in [1.54, 1.807) is 10.9 Å². The number of carbonyl (C=O) groups excluding carboxylic acids is 1. The Bertz CT molecular complexity index is 450. The summed E-state index contributed by atoms with van der Waals surface area (Å²) in [6.45, 7) is 2.74. The van der Waals surface area contributed by atoms with E-state index >= 15 is 0 Å². The second-order valence-electron chi connectivity index (χ2n) is 5.61. The molecule has 1 fully saturated rings. The fourth-order valence-corrected chi connectivity index (χ4v) is 2.62. The zero-order chi connectivity index (χ0) is 14.5. The third kappa shape index (κ3) is 3.72. The van der Waals surface area contributed by atoms with Gasteiger partial charge in [0.1, 0.15) is 0 Å². The lowest BCUT2D eigenvalue weighted by molar-refractivity contribution is 0.174. The van der Waals surface area contributed by atoms with Gasteiger partial charge in [0.05, 0.1) is 6.20 Å². The van der Waals surface area contributed by atoms with Gasteiger partial charge in [0.15, 0.2) is 0 Å². The highest BCUT2D eigenvalue weighted by Gasteiger charge is 2.21. The third-order valence-electron chi connectivity index (χ3n) is 4.22. The largest absolute Gasteiger partial charge is 0.396 e. The van der Waals surface area contributed by atoms with E-state index in [-0.39, 0.29) is 18.7 Å². The summed E-state index contributed by atoms with van der Waals surface area (Å²) >= 11 is 0. The number of amides is 2. The smallest absolute Gasteiger partial charge is 0.315 e. The minimum Gasteiger partial charge on any atom is -0.396 e. The van der Waals surface area contributed by atoms with E-state index in [2.05, 4.69) is 15.7 Å². The van der Waals surface area contributed by atoms with Crippen LogP contribution in [0.2, 0.25) is 0 Å². The molecular formula is C14H24N4O2. The number of aryl methyl sites for hydroxylation is 1. The predicted octanol–water partition coefficient (Wildman–Crippen LogP) is 1.08. The highest BCUT2D eigenvalue weighted by molar-refractivity contribution is 5.74. The van der Waals surface area contributed by atoms with Crippen LogP contribution in [0.15, 0.2) is 6.20 Å². The molecule has 1 saturated carbocycles. The van der Waals surface area contributed by atoms with Crippen molar-refractivity contribution in [2.45, 2.75) is 45.2 Å². The molecule has 2 rings (SSSR count). The number of hydrogen-bond donors (Lipinski definition) is 3. The van der Waals surface area contributed by atoms with Gasteiger partial charge < -0.3 is 15.7 Å². The summed E-state index contributed by atoms with van der Waals surface area (Å²) in [6.07, 6.45) is 5.66. The zero-order valence-corrected chi connectivity index (χ0v) is 12.2. The SMILES string of the molecule is Cc1c(CNC(=O)NC2CCC(CO)CC2)cnn1C. The molecule has 1 heterocycles. The Balaban J connectivity index is 1.72. The molecular weight excluding hydrogens is 256 g/mol. The summed E-state index contributed by atoms with van der Waals surface area (Å²) < 4.78 is 1.80. The molecule has 0 saturated heterocycles. The maximum Gasteiger partial charge on any atom is 0.315 e. The molecule has 0 bridgehead atoms. The van der Waals surface area contributed by atoms with Crippen LogP contribution >= 0.6 is 0 Å². The van der Waals surface area contributed by atoms with Crippen molar-refractivity contribution in [2.75, 3.05) is 6.61 Å². The first-order valence-electron chi connectivity index (χ1n) is 7.23. The lowest BCUT2D eigenvalue weighted by Gasteiger charge is -2.27. The number of nitrogens with zero attached hydrogens (tertiary/aromatic N) is 2. The second-order valence-corrected chi connectivity index (χ2v) is 5.61. The average Bonchev–Trinajstić information content (AvgIpc) is 2.77. The van der Waals surface area contributed by atoms with Gasteiger partial charge in [-0.15, -0.1) is 0 Å². The van der Waals surface area contributed by atoms with Gasteiger partial charge in [-0.05, 0) is 38.5 Å². The molecule has 6 heteroatoms. The summed E-state index contributed by atoms with van der Waals surface area (Å²) in [5, 5.41) is 19.1. The Labute approximate surface area is 119 Å². The van der Waals surface area contributed by atoms with E-state index < -0.39 is 0 Å². The molecule has 0 aliphatic heterocycles. The van der Waals surface area contributed by atoms with Crippen molar-refractivity contribution < 1.29 is 9.90 Å². The minimum absolute atomic E-state index is 0.124. The van der Waals surface area contributed by atoms with Gasteiger partial charge in [0, 0.05) is 37.5 Å². The van der Waals surface area contributed by atoms with Crippen LogP contribution < -0.4 is 10.6 Å². The third-order valence-corrected chi connectivity index (χ3v) is 4.22. The van der Waals surface area contributed by atoms with Gasteiger partial charge in [-0.2, -0.15) is 5.10 Å². The molecule has 20 heavy (non-hydrogen) atoms. The summed E-state index contributed by atoms with van der Waals surface area (Å²) in [5.41, 5.74) is 2.10. The fourth-order valence-electron chi connectivity index (χ4n) is 2.62. The molecule has 1 aromatic rings. The zero-order valence-electron chi connectivity index (χ0n) is 12.2. The van der Waals surface area contributed by atoms with Crippen molar-refractivity contribution in [2.24, 2.45) is 13.0 Å². The van der Waals surface area contributed by atoms with Crippen LogP contribution in [0.25, 0.3) is 0 Å². The van der Waals surface area contributed by atoms with E-state index in [4.69, 9.17) is 5.11 Å². The first-order chi connectivity index (χ1) is 9.60. The average molecular weight is 280 g/mol. The van der Waals surface area contributed by atoms with E-state index in [1.807, 2.05) is 14.0 Å². The van der Waals surface area contributed by atoms with Crippen molar-refractivity contribution in [3.05, 3.63) is 17.5 Å². The quantitative estimate of drug-likeness (QED) is 0.772. The number of nitrogens with one attached hydrogen (secondary N) is 2. The van der Waals surface area contributed by atoms with Gasteiger partial charge >= 0.3 is 6.03 Å². The first-order valence-corrected chi connectivity index (χ1v) is 7.23. The number of urea groups is 1.